The number of benzene rings is 1. The van der Waals surface area contributed by atoms with Crippen molar-refractivity contribution in [3.05, 3.63) is 29.6 Å². The Labute approximate surface area is 108 Å². The number of nitrogens with one attached hydrogen (secondary N) is 1. The van der Waals surface area contributed by atoms with Crippen LogP contribution in [0.1, 0.15) is 24.8 Å². The number of ether oxygens (including phenoxy) is 1. The Kier molecular flexibility index (Phi) is 4.19. The smallest absolute Gasteiger partial charge is 0.165 e. The molecular weight excluding hydrogens is 231 g/mol. The molecule has 0 aliphatic heterocycles. The summed E-state index contributed by atoms with van der Waals surface area (Å²) in [6.07, 6.45) is 3.68. The molecule has 3 nitrogen and oxygen atoms in total. The van der Waals surface area contributed by atoms with Gasteiger partial charge in [0.25, 0.3) is 0 Å². The predicted octanol–water partition coefficient (Wildman–Crippen LogP) is 2.05. The third-order valence-electron chi connectivity index (χ3n) is 3.89. The van der Waals surface area contributed by atoms with Gasteiger partial charge in [-0.3, -0.25) is 0 Å². The molecule has 3 N–H and O–H groups in total. The fourth-order valence-electron chi connectivity index (χ4n) is 2.42. The summed E-state index contributed by atoms with van der Waals surface area (Å²) >= 11 is 0. The monoisotopic (exact) mass is 252 g/mol. The molecule has 1 aromatic rings. The normalized spacial score (nSPS) is 17.3. The first-order valence-corrected chi connectivity index (χ1v) is 6.42. The lowest BCUT2D eigenvalue weighted by molar-refractivity contribution is 0.141. The standard InChI is InChI=1S/C14H21FN2O/c1-18-13-4-3-11(7-12(13)15)8-17-10-14(9-16)5-2-6-14/h3-4,7,17H,2,5-6,8-10,16H2,1H3. The molecule has 4 heteroatoms. The molecule has 0 unspecified atom stereocenters. The molecule has 0 radical (unpaired) electrons. The van der Waals surface area contributed by atoms with Crippen LogP contribution < -0.4 is 15.8 Å². The summed E-state index contributed by atoms with van der Waals surface area (Å²) in [5.74, 6) is -0.0230. The molecule has 18 heavy (non-hydrogen) atoms. The van der Waals surface area contributed by atoms with Crippen LogP contribution in [0.3, 0.4) is 0 Å². The molecule has 2 rings (SSSR count). The SMILES string of the molecule is COc1ccc(CNCC2(CN)CCC2)cc1F. The second-order valence-corrected chi connectivity index (χ2v) is 5.13. The van der Waals surface area contributed by atoms with Crippen molar-refractivity contribution in [3.8, 4) is 5.75 Å². The average Bonchev–Trinajstić information content (AvgIpc) is 2.33. The van der Waals surface area contributed by atoms with Gasteiger partial charge < -0.3 is 15.8 Å². The fourth-order valence-corrected chi connectivity index (χ4v) is 2.42. The molecule has 0 atom stereocenters. The Morgan fingerprint density at radius 2 is 2.22 bits per heavy atom. The first kappa shape index (κ1) is 13.3. The lowest BCUT2D eigenvalue weighted by Gasteiger charge is -2.41. The van der Waals surface area contributed by atoms with Crippen molar-refractivity contribution in [1.82, 2.24) is 5.32 Å². The zero-order chi connectivity index (χ0) is 13.0. The van der Waals surface area contributed by atoms with Crippen molar-refractivity contribution in [2.45, 2.75) is 25.8 Å². The molecule has 0 bridgehead atoms. The highest BCUT2D eigenvalue weighted by Gasteiger charge is 2.34. The van der Waals surface area contributed by atoms with E-state index in [-0.39, 0.29) is 17.0 Å². The quantitative estimate of drug-likeness (QED) is 0.814. The third kappa shape index (κ3) is 2.82. The molecule has 1 aliphatic carbocycles. The van der Waals surface area contributed by atoms with Crippen molar-refractivity contribution < 1.29 is 9.13 Å². The molecule has 1 fully saturated rings. The number of hydrogen-bond donors (Lipinski definition) is 2. The van der Waals surface area contributed by atoms with E-state index in [2.05, 4.69) is 5.32 Å². The highest BCUT2D eigenvalue weighted by Crippen LogP contribution is 2.39. The summed E-state index contributed by atoms with van der Waals surface area (Å²) in [6, 6.07) is 5.06. The van der Waals surface area contributed by atoms with Gasteiger partial charge in [-0.1, -0.05) is 12.5 Å². The summed E-state index contributed by atoms with van der Waals surface area (Å²) in [4.78, 5) is 0. The lowest BCUT2D eigenvalue weighted by Crippen LogP contribution is -2.45. The summed E-state index contributed by atoms with van der Waals surface area (Å²) in [6.45, 7) is 2.32. The number of rotatable bonds is 6. The van der Waals surface area contributed by atoms with Crippen LogP contribution in [0.5, 0.6) is 5.75 Å². The average molecular weight is 252 g/mol. The highest BCUT2D eigenvalue weighted by molar-refractivity contribution is 5.29. The van der Waals surface area contributed by atoms with Crippen LogP contribution >= 0.6 is 0 Å². The summed E-state index contributed by atoms with van der Waals surface area (Å²) in [5.41, 5.74) is 7.01. The van der Waals surface area contributed by atoms with E-state index in [9.17, 15) is 4.39 Å². The van der Waals surface area contributed by atoms with Crippen LogP contribution in [0.4, 0.5) is 4.39 Å². The molecule has 0 amide bonds. The highest BCUT2D eigenvalue weighted by atomic mass is 19.1. The van der Waals surface area contributed by atoms with E-state index in [1.54, 1.807) is 6.07 Å². The van der Waals surface area contributed by atoms with Crippen LogP contribution in [-0.4, -0.2) is 20.2 Å². The number of methoxy groups -OCH3 is 1. The van der Waals surface area contributed by atoms with Crippen LogP contribution in [0.25, 0.3) is 0 Å². The summed E-state index contributed by atoms with van der Waals surface area (Å²) in [5, 5.41) is 3.37. The van der Waals surface area contributed by atoms with Gasteiger partial charge in [0.15, 0.2) is 11.6 Å². The fraction of sp³-hybridized carbons (Fsp3) is 0.571. The number of nitrogens with two attached hydrogens (primary N) is 1. The predicted molar refractivity (Wildman–Crippen MR) is 70.0 cm³/mol. The molecular formula is C14H21FN2O. The van der Waals surface area contributed by atoms with E-state index < -0.39 is 0 Å². The van der Waals surface area contributed by atoms with E-state index in [0.29, 0.717) is 6.54 Å². The van der Waals surface area contributed by atoms with Gasteiger partial charge in [0.05, 0.1) is 7.11 Å². The van der Waals surface area contributed by atoms with E-state index in [4.69, 9.17) is 10.5 Å². The Morgan fingerprint density at radius 3 is 2.72 bits per heavy atom. The van der Waals surface area contributed by atoms with E-state index >= 15 is 0 Å². The number of hydrogen-bond acceptors (Lipinski definition) is 3. The van der Waals surface area contributed by atoms with Gasteiger partial charge in [0, 0.05) is 13.1 Å². The molecule has 0 saturated heterocycles. The molecule has 1 aliphatic rings. The van der Waals surface area contributed by atoms with Gasteiger partial charge in [0.2, 0.25) is 0 Å². The van der Waals surface area contributed by atoms with Crippen LogP contribution in [0.2, 0.25) is 0 Å². The molecule has 0 spiro atoms. The van der Waals surface area contributed by atoms with Crippen molar-refractivity contribution in [2.75, 3.05) is 20.2 Å². The molecule has 1 saturated carbocycles. The maximum Gasteiger partial charge on any atom is 0.165 e. The van der Waals surface area contributed by atoms with E-state index in [0.717, 1.165) is 18.7 Å². The Balaban J connectivity index is 1.85. The Bertz CT molecular complexity index is 399. The second-order valence-electron chi connectivity index (χ2n) is 5.13. The molecule has 1 aromatic carbocycles. The van der Waals surface area contributed by atoms with E-state index in [1.165, 1.54) is 32.4 Å². The van der Waals surface area contributed by atoms with Crippen molar-refractivity contribution >= 4 is 0 Å². The second kappa shape index (κ2) is 5.67. The first-order chi connectivity index (χ1) is 8.69. The van der Waals surface area contributed by atoms with Gasteiger partial charge in [-0.05, 0) is 42.5 Å². The van der Waals surface area contributed by atoms with Crippen LogP contribution in [-0.2, 0) is 6.54 Å². The molecule has 0 heterocycles. The molecule has 100 valence electrons. The van der Waals surface area contributed by atoms with Crippen molar-refractivity contribution in [2.24, 2.45) is 11.1 Å². The third-order valence-corrected chi connectivity index (χ3v) is 3.89. The molecule has 0 aromatic heterocycles. The summed E-state index contributed by atoms with van der Waals surface area (Å²) in [7, 11) is 1.47. The van der Waals surface area contributed by atoms with Gasteiger partial charge in [0.1, 0.15) is 0 Å². The van der Waals surface area contributed by atoms with Gasteiger partial charge in [-0.2, -0.15) is 0 Å². The maximum atomic E-state index is 13.5. The van der Waals surface area contributed by atoms with Crippen molar-refractivity contribution in [1.29, 1.82) is 0 Å². The van der Waals surface area contributed by atoms with Gasteiger partial charge in [-0.25, -0.2) is 4.39 Å². The van der Waals surface area contributed by atoms with Gasteiger partial charge >= 0.3 is 0 Å². The lowest BCUT2D eigenvalue weighted by atomic mass is 9.69. The zero-order valence-electron chi connectivity index (χ0n) is 10.8. The minimum Gasteiger partial charge on any atom is -0.494 e. The maximum absolute atomic E-state index is 13.5. The van der Waals surface area contributed by atoms with Crippen LogP contribution in [0, 0.1) is 11.2 Å². The van der Waals surface area contributed by atoms with Crippen molar-refractivity contribution in [3.63, 3.8) is 0 Å². The number of halogens is 1. The Hall–Kier alpha value is -1.13. The van der Waals surface area contributed by atoms with E-state index in [1.807, 2.05) is 6.07 Å². The zero-order valence-corrected chi connectivity index (χ0v) is 10.8. The van der Waals surface area contributed by atoms with Crippen LogP contribution in [0.15, 0.2) is 18.2 Å². The Morgan fingerprint density at radius 1 is 1.44 bits per heavy atom. The van der Waals surface area contributed by atoms with Gasteiger partial charge in [-0.15, -0.1) is 0 Å². The summed E-state index contributed by atoms with van der Waals surface area (Å²) < 4.78 is 18.4. The minimum absolute atomic E-state index is 0.283. The largest absolute Gasteiger partial charge is 0.494 e. The topological polar surface area (TPSA) is 47.3 Å². The first-order valence-electron chi connectivity index (χ1n) is 6.42. The minimum atomic E-state index is -0.311.